The summed E-state index contributed by atoms with van der Waals surface area (Å²) in [6.07, 6.45) is 11.3. The first kappa shape index (κ1) is 18.2. The predicted molar refractivity (Wildman–Crippen MR) is 102 cm³/mol. The van der Waals surface area contributed by atoms with Crippen LogP contribution in [0.3, 0.4) is 0 Å². The van der Waals surface area contributed by atoms with Crippen molar-refractivity contribution in [3.05, 3.63) is 24.2 Å². The molecule has 4 nitrogen and oxygen atoms in total. The summed E-state index contributed by atoms with van der Waals surface area (Å²) in [5.41, 5.74) is -1.34. The molecule has 1 aromatic rings. The predicted octanol–water partition coefficient (Wildman–Crippen LogP) is 3.99. The van der Waals surface area contributed by atoms with Gasteiger partial charge in [0.15, 0.2) is 0 Å². The molecule has 4 fully saturated rings. The van der Waals surface area contributed by atoms with Crippen LogP contribution in [0.15, 0.2) is 23.0 Å². The minimum atomic E-state index is -1.01. The number of hydrogen-bond donors (Lipinski definition) is 3. The minimum absolute atomic E-state index is 0.144. The topological polar surface area (TPSA) is 73.8 Å². The molecule has 0 saturated heterocycles. The van der Waals surface area contributed by atoms with Crippen molar-refractivity contribution in [3.63, 3.8) is 0 Å². The Bertz CT molecular complexity index is 716. The highest BCUT2D eigenvalue weighted by Crippen LogP contribution is 2.71. The van der Waals surface area contributed by atoms with Crippen LogP contribution >= 0.6 is 0 Å². The fourth-order valence-electron chi connectivity index (χ4n) is 8.18. The lowest BCUT2D eigenvalue weighted by Gasteiger charge is -2.64. The molecule has 1 aromatic heterocycles. The average Bonchev–Trinajstić information content (AvgIpc) is 3.24. The van der Waals surface area contributed by atoms with Crippen LogP contribution in [0, 0.1) is 28.6 Å². The highest BCUT2D eigenvalue weighted by Gasteiger charge is 2.72. The number of furan rings is 1. The summed E-state index contributed by atoms with van der Waals surface area (Å²) in [6.45, 7) is 4.53. The fraction of sp³-hybridized carbons (Fsp3) is 0.826. The highest BCUT2D eigenvalue weighted by molar-refractivity contribution is 5.30. The van der Waals surface area contributed by atoms with E-state index in [1.54, 1.807) is 12.5 Å². The molecule has 0 aliphatic heterocycles. The van der Waals surface area contributed by atoms with Crippen molar-refractivity contribution in [1.29, 1.82) is 0 Å². The molecule has 4 aliphatic carbocycles. The van der Waals surface area contributed by atoms with E-state index in [0.717, 1.165) is 50.5 Å². The zero-order chi connectivity index (χ0) is 19.1. The van der Waals surface area contributed by atoms with E-state index in [2.05, 4.69) is 13.8 Å². The molecule has 27 heavy (non-hydrogen) atoms. The maximum atomic E-state index is 12.1. The van der Waals surface area contributed by atoms with Crippen LogP contribution < -0.4 is 0 Å². The summed E-state index contributed by atoms with van der Waals surface area (Å²) < 4.78 is 5.29. The van der Waals surface area contributed by atoms with Crippen LogP contribution in [0.2, 0.25) is 0 Å². The lowest BCUT2D eigenvalue weighted by atomic mass is 9.43. The summed E-state index contributed by atoms with van der Waals surface area (Å²) >= 11 is 0. The monoisotopic (exact) mass is 374 g/mol. The van der Waals surface area contributed by atoms with Crippen molar-refractivity contribution in [1.82, 2.24) is 0 Å². The Morgan fingerprint density at radius 2 is 1.78 bits per heavy atom. The van der Waals surface area contributed by atoms with E-state index in [1.807, 2.05) is 6.07 Å². The molecular formula is C23H34O4. The van der Waals surface area contributed by atoms with Crippen molar-refractivity contribution in [2.75, 3.05) is 0 Å². The van der Waals surface area contributed by atoms with Gasteiger partial charge in [0.1, 0.15) is 5.60 Å². The van der Waals surface area contributed by atoms with Crippen LogP contribution in [0.5, 0.6) is 0 Å². The van der Waals surface area contributed by atoms with Crippen molar-refractivity contribution in [2.24, 2.45) is 28.6 Å². The number of rotatable bonds is 1. The number of hydrogen-bond acceptors (Lipinski definition) is 4. The Balaban J connectivity index is 1.52. The molecule has 4 saturated carbocycles. The highest BCUT2D eigenvalue weighted by atomic mass is 16.3. The Kier molecular flexibility index (Phi) is 3.78. The van der Waals surface area contributed by atoms with Gasteiger partial charge in [0.25, 0.3) is 0 Å². The third-order valence-electron chi connectivity index (χ3n) is 9.97. The zero-order valence-corrected chi connectivity index (χ0v) is 16.7. The molecule has 0 bridgehead atoms. The maximum Gasteiger partial charge on any atom is 0.101 e. The molecule has 3 N–H and O–H groups in total. The van der Waals surface area contributed by atoms with Gasteiger partial charge >= 0.3 is 0 Å². The Labute approximate surface area is 162 Å². The van der Waals surface area contributed by atoms with E-state index >= 15 is 0 Å². The quantitative estimate of drug-likeness (QED) is 0.695. The summed E-state index contributed by atoms with van der Waals surface area (Å²) in [5.74, 6) is 1.31. The van der Waals surface area contributed by atoms with E-state index in [0.29, 0.717) is 24.7 Å². The molecule has 8 atom stereocenters. The molecule has 0 radical (unpaired) electrons. The summed E-state index contributed by atoms with van der Waals surface area (Å²) in [6, 6.07) is 1.86. The Hall–Kier alpha value is -0.840. The van der Waals surface area contributed by atoms with E-state index in [1.165, 1.54) is 0 Å². The Morgan fingerprint density at radius 1 is 0.963 bits per heavy atom. The van der Waals surface area contributed by atoms with Gasteiger partial charge < -0.3 is 19.7 Å². The second-order valence-electron chi connectivity index (χ2n) is 10.6. The van der Waals surface area contributed by atoms with E-state index in [4.69, 9.17) is 4.42 Å². The van der Waals surface area contributed by atoms with Crippen molar-refractivity contribution >= 4 is 0 Å². The molecule has 4 aliphatic rings. The smallest absolute Gasteiger partial charge is 0.101 e. The van der Waals surface area contributed by atoms with Crippen LogP contribution in [-0.4, -0.2) is 27.0 Å². The van der Waals surface area contributed by atoms with Crippen LogP contribution in [-0.2, 0) is 5.60 Å². The van der Waals surface area contributed by atoms with Gasteiger partial charge in [-0.15, -0.1) is 0 Å². The lowest BCUT2D eigenvalue weighted by Crippen LogP contribution is -2.64. The van der Waals surface area contributed by atoms with Gasteiger partial charge in [-0.3, -0.25) is 0 Å². The van der Waals surface area contributed by atoms with Gasteiger partial charge in [0.2, 0.25) is 0 Å². The first-order chi connectivity index (χ1) is 12.7. The van der Waals surface area contributed by atoms with Gasteiger partial charge in [-0.05, 0) is 87.0 Å². The maximum absolute atomic E-state index is 12.1. The van der Waals surface area contributed by atoms with Crippen LogP contribution in [0.25, 0.3) is 0 Å². The molecule has 5 rings (SSSR count). The molecule has 1 heterocycles. The van der Waals surface area contributed by atoms with Gasteiger partial charge in [-0.1, -0.05) is 13.8 Å². The van der Waals surface area contributed by atoms with Crippen molar-refractivity contribution in [2.45, 2.75) is 88.9 Å². The first-order valence-corrected chi connectivity index (χ1v) is 10.9. The third-order valence-corrected chi connectivity index (χ3v) is 9.97. The second kappa shape index (κ2) is 5.61. The molecule has 150 valence electrons. The third kappa shape index (κ3) is 2.10. The van der Waals surface area contributed by atoms with Crippen molar-refractivity contribution < 1.29 is 19.7 Å². The summed E-state index contributed by atoms with van der Waals surface area (Å²) in [4.78, 5) is 0. The SMILES string of the molecule is C[C@]12CC[C@H](O)C[C@H]1CC[C@@H]1[C@@H]2CC[C@]2(C)[C@](O)(c3ccoc3)CC[C@]12O. The molecule has 0 unspecified atom stereocenters. The van der Waals surface area contributed by atoms with E-state index in [9.17, 15) is 15.3 Å². The number of aliphatic hydroxyl groups excluding tert-OH is 1. The van der Waals surface area contributed by atoms with Gasteiger partial charge in [-0.25, -0.2) is 0 Å². The van der Waals surface area contributed by atoms with E-state index in [-0.39, 0.29) is 17.4 Å². The second-order valence-corrected chi connectivity index (χ2v) is 10.6. The lowest BCUT2D eigenvalue weighted by molar-refractivity contribution is -0.238. The molecule has 4 heteroatoms. The molecule has 0 aromatic carbocycles. The van der Waals surface area contributed by atoms with Gasteiger partial charge in [0.05, 0.1) is 24.2 Å². The molecular weight excluding hydrogens is 340 g/mol. The molecule has 0 spiro atoms. The average molecular weight is 375 g/mol. The van der Waals surface area contributed by atoms with Gasteiger partial charge in [-0.2, -0.15) is 0 Å². The first-order valence-electron chi connectivity index (χ1n) is 10.9. The number of fused-ring (bicyclic) bond motifs is 5. The fourth-order valence-corrected chi connectivity index (χ4v) is 8.18. The van der Waals surface area contributed by atoms with E-state index < -0.39 is 16.6 Å². The standard InChI is InChI=1S/C23H34O4/c1-20-8-5-17(24)13-15(20)3-4-19-18(20)6-9-21(2)22(25,10-11-23(19,21)26)16-7-12-27-14-16/h7,12,14-15,17-19,24-26H,3-6,8-11,13H2,1-2H3/t15-,17+,18+,19-,20+,21-,22-,23+/m1/s1. The van der Waals surface area contributed by atoms with Crippen LogP contribution in [0.4, 0.5) is 0 Å². The Morgan fingerprint density at radius 3 is 2.52 bits per heavy atom. The largest absolute Gasteiger partial charge is 0.472 e. The minimum Gasteiger partial charge on any atom is -0.472 e. The van der Waals surface area contributed by atoms with Crippen molar-refractivity contribution in [3.8, 4) is 0 Å². The normalized spacial score (nSPS) is 54.9. The van der Waals surface area contributed by atoms with Gasteiger partial charge in [0, 0.05) is 11.0 Å². The summed E-state index contributed by atoms with van der Waals surface area (Å²) in [7, 11) is 0. The van der Waals surface area contributed by atoms with Crippen LogP contribution in [0.1, 0.15) is 77.2 Å². The molecule has 0 amide bonds. The number of aliphatic hydroxyl groups is 3. The zero-order valence-electron chi connectivity index (χ0n) is 16.7. The summed E-state index contributed by atoms with van der Waals surface area (Å²) in [5, 5.41) is 34.0.